The molecule has 2 saturated heterocycles. The van der Waals surface area contributed by atoms with E-state index < -0.39 is 5.66 Å². The average Bonchev–Trinajstić information content (AvgIpc) is 3.17. The van der Waals surface area contributed by atoms with Crippen LogP contribution in [0, 0.1) is 0 Å². The van der Waals surface area contributed by atoms with E-state index >= 15 is 0 Å². The zero-order valence-corrected chi connectivity index (χ0v) is 13.6. The lowest BCUT2D eigenvalue weighted by Gasteiger charge is -2.43. The van der Waals surface area contributed by atoms with Crippen LogP contribution in [0.15, 0.2) is 48.7 Å². The number of para-hydroxylation sites is 1. The van der Waals surface area contributed by atoms with E-state index in [-0.39, 0.29) is 23.9 Å². The second-order valence-electron chi connectivity index (χ2n) is 6.97. The maximum atomic E-state index is 13.0. The van der Waals surface area contributed by atoms with E-state index in [9.17, 15) is 9.59 Å². The summed E-state index contributed by atoms with van der Waals surface area (Å²) >= 11 is 0. The highest BCUT2D eigenvalue weighted by molar-refractivity contribution is 6.02. The molecule has 3 aliphatic heterocycles. The number of benzene rings is 1. The molecule has 3 atom stereocenters. The van der Waals surface area contributed by atoms with Crippen molar-refractivity contribution in [3.8, 4) is 0 Å². The van der Waals surface area contributed by atoms with E-state index in [0.717, 1.165) is 24.9 Å². The fraction of sp³-hybridized carbons (Fsp3) is 0.316. The van der Waals surface area contributed by atoms with Gasteiger partial charge in [0.15, 0.2) is 0 Å². The maximum absolute atomic E-state index is 13.0. The van der Waals surface area contributed by atoms with Crippen molar-refractivity contribution in [1.29, 1.82) is 0 Å². The Morgan fingerprint density at radius 3 is 2.80 bits per heavy atom. The van der Waals surface area contributed by atoms with Gasteiger partial charge in [0, 0.05) is 24.3 Å². The van der Waals surface area contributed by atoms with Gasteiger partial charge in [0.1, 0.15) is 11.4 Å². The summed E-state index contributed by atoms with van der Waals surface area (Å²) in [6, 6.07) is 12.9. The van der Waals surface area contributed by atoms with Gasteiger partial charge in [-0.25, -0.2) is 0 Å². The normalized spacial score (nSPS) is 29.3. The van der Waals surface area contributed by atoms with Crippen LogP contribution in [0.1, 0.15) is 40.1 Å². The molecule has 2 aromatic rings. The largest absolute Gasteiger partial charge is 0.360 e. The third-order valence-corrected chi connectivity index (χ3v) is 5.61. The van der Waals surface area contributed by atoms with Crippen LogP contribution in [-0.4, -0.2) is 39.4 Å². The minimum absolute atomic E-state index is 0.0557. The van der Waals surface area contributed by atoms with Gasteiger partial charge < -0.3 is 15.5 Å². The first-order valence-corrected chi connectivity index (χ1v) is 8.61. The summed E-state index contributed by atoms with van der Waals surface area (Å²) in [5, 5.41) is 6.68. The molecule has 2 N–H and O–H groups in total. The Labute approximate surface area is 145 Å². The van der Waals surface area contributed by atoms with Crippen molar-refractivity contribution in [2.24, 2.45) is 0 Å². The van der Waals surface area contributed by atoms with Gasteiger partial charge in [-0.3, -0.25) is 14.6 Å². The first-order chi connectivity index (χ1) is 12.2. The number of rotatable bonds is 1. The Balaban J connectivity index is 1.50. The lowest BCUT2D eigenvalue weighted by Crippen LogP contribution is -2.64. The van der Waals surface area contributed by atoms with Crippen LogP contribution in [0.4, 0.5) is 5.69 Å². The van der Waals surface area contributed by atoms with Gasteiger partial charge >= 0.3 is 0 Å². The highest BCUT2D eigenvalue weighted by Crippen LogP contribution is 2.46. The molecule has 6 nitrogen and oxygen atoms in total. The molecule has 2 amide bonds. The molecule has 126 valence electrons. The molecule has 1 aromatic heterocycles. The second-order valence-corrected chi connectivity index (χ2v) is 6.97. The standard InChI is InChI=1S/C19H18N4O2/c24-17-13-5-1-2-6-14(13)21-19(22-17)11-12-8-9-16(19)23(12)18(25)15-7-3-4-10-20-15/h1-7,10,12,16,21H,8-9,11H2,(H,22,24)/t12-,16+,19+/m1/s1. The number of nitrogens with one attached hydrogen (secondary N) is 2. The maximum Gasteiger partial charge on any atom is 0.273 e. The van der Waals surface area contributed by atoms with Gasteiger partial charge in [-0.2, -0.15) is 0 Å². The molecule has 6 heteroatoms. The van der Waals surface area contributed by atoms with Crippen molar-refractivity contribution in [1.82, 2.24) is 15.2 Å². The average molecular weight is 334 g/mol. The molecule has 0 saturated carbocycles. The zero-order valence-electron chi connectivity index (χ0n) is 13.6. The number of nitrogens with zero attached hydrogens (tertiary/aromatic N) is 2. The minimum Gasteiger partial charge on any atom is -0.360 e. The van der Waals surface area contributed by atoms with Crippen molar-refractivity contribution in [3.05, 3.63) is 59.9 Å². The van der Waals surface area contributed by atoms with Crippen LogP contribution in [0.3, 0.4) is 0 Å². The van der Waals surface area contributed by atoms with Crippen molar-refractivity contribution >= 4 is 17.5 Å². The number of carbonyl (C=O) groups is 2. The number of hydrogen-bond donors (Lipinski definition) is 2. The molecule has 1 aromatic carbocycles. The smallest absolute Gasteiger partial charge is 0.273 e. The number of amides is 2. The van der Waals surface area contributed by atoms with Gasteiger partial charge in [-0.15, -0.1) is 0 Å². The summed E-state index contributed by atoms with van der Waals surface area (Å²) in [7, 11) is 0. The summed E-state index contributed by atoms with van der Waals surface area (Å²) in [6.45, 7) is 0. The molecule has 0 aliphatic carbocycles. The Hall–Kier alpha value is -2.89. The van der Waals surface area contributed by atoms with E-state index in [0.29, 0.717) is 11.3 Å². The third-order valence-electron chi connectivity index (χ3n) is 5.61. The molecule has 0 unspecified atom stereocenters. The monoisotopic (exact) mass is 334 g/mol. The fourth-order valence-corrected chi connectivity index (χ4v) is 4.60. The molecule has 2 bridgehead atoms. The molecule has 4 heterocycles. The highest BCUT2D eigenvalue weighted by atomic mass is 16.2. The number of hydrogen-bond acceptors (Lipinski definition) is 4. The van der Waals surface area contributed by atoms with Gasteiger partial charge in [0.05, 0.1) is 11.6 Å². The highest BCUT2D eigenvalue weighted by Gasteiger charge is 2.60. The van der Waals surface area contributed by atoms with Crippen LogP contribution < -0.4 is 10.6 Å². The lowest BCUT2D eigenvalue weighted by atomic mass is 9.86. The van der Waals surface area contributed by atoms with Crippen LogP contribution in [-0.2, 0) is 0 Å². The Bertz CT molecular complexity index is 869. The van der Waals surface area contributed by atoms with E-state index in [1.807, 2.05) is 35.2 Å². The first-order valence-electron chi connectivity index (χ1n) is 8.61. The van der Waals surface area contributed by atoms with Crippen LogP contribution in [0.25, 0.3) is 0 Å². The molecular formula is C19H18N4O2. The predicted octanol–water partition coefficient (Wildman–Crippen LogP) is 2.01. The molecule has 2 fully saturated rings. The Morgan fingerprint density at radius 1 is 1.12 bits per heavy atom. The number of fused-ring (bicyclic) bond motifs is 4. The van der Waals surface area contributed by atoms with E-state index in [2.05, 4.69) is 15.6 Å². The minimum atomic E-state index is -0.585. The molecule has 0 radical (unpaired) electrons. The van der Waals surface area contributed by atoms with Gasteiger partial charge in [-0.05, 0) is 37.1 Å². The number of carbonyl (C=O) groups excluding carboxylic acids is 2. The van der Waals surface area contributed by atoms with E-state index in [1.54, 1.807) is 18.3 Å². The molecule has 25 heavy (non-hydrogen) atoms. The molecule has 3 aliphatic rings. The van der Waals surface area contributed by atoms with Crippen molar-refractivity contribution in [3.63, 3.8) is 0 Å². The van der Waals surface area contributed by atoms with E-state index in [1.165, 1.54) is 0 Å². The Kier molecular flexibility index (Phi) is 2.92. The molecular weight excluding hydrogens is 316 g/mol. The zero-order chi connectivity index (χ0) is 17.0. The summed E-state index contributed by atoms with van der Waals surface area (Å²) < 4.78 is 0. The number of anilines is 1. The van der Waals surface area contributed by atoms with Gasteiger partial charge in [-0.1, -0.05) is 18.2 Å². The van der Waals surface area contributed by atoms with Crippen molar-refractivity contribution in [2.45, 2.75) is 37.0 Å². The van der Waals surface area contributed by atoms with E-state index in [4.69, 9.17) is 0 Å². The van der Waals surface area contributed by atoms with Crippen molar-refractivity contribution < 1.29 is 9.59 Å². The second kappa shape index (κ2) is 5.05. The SMILES string of the molecule is O=C1N[C@]2(C[C@H]3CC[C@@H]2N3C(=O)c2ccccn2)Nc2ccccc21. The quantitative estimate of drug-likeness (QED) is 0.837. The number of aromatic nitrogens is 1. The Morgan fingerprint density at radius 2 is 1.96 bits per heavy atom. The topological polar surface area (TPSA) is 74.3 Å². The summed E-state index contributed by atoms with van der Waals surface area (Å²) in [5.41, 5.74) is 1.36. The van der Waals surface area contributed by atoms with Crippen LogP contribution in [0.5, 0.6) is 0 Å². The third kappa shape index (κ3) is 2.00. The van der Waals surface area contributed by atoms with Crippen LogP contribution >= 0.6 is 0 Å². The van der Waals surface area contributed by atoms with Gasteiger partial charge in [0.2, 0.25) is 0 Å². The van der Waals surface area contributed by atoms with Gasteiger partial charge in [0.25, 0.3) is 11.8 Å². The summed E-state index contributed by atoms with van der Waals surface area (Å²) in [6.07, 6.45) is 4.19. The molecule has 1 spiro atoms. The van der Waals surface area contributed by atoms with Crippen LogP contribution in [0.2, 0.25) is 0 Å². The predicted molar refractivity (Wildman–Crippen MR) is 92.1 cm³/mol. The lowest BCUT2D eigenvalue weighted by molar-refractivity contribution is 0.0686. The van der Waals surface area contributed by atoms with Crippen molar-refractivity contribution in [2.75, 3.05) is 5.32 Å². The fourth-order valence-electron chi connectivity index (χ4n) is 4.60. The summed E-state index contributed by atoms with van der Waals surface area (Å²) in [5.74, 6) is -0.132. The molecule has 5 rings (SSSR count). The first kappa shape index (κ1) is 14.5. The number of pyridine rings is 1. The summed E-state index contributed by atoms with van der Waals surface area (Å²) in [4.78, 5) is 31.7.